The number of nitrogens with zero attached hydrogens (tertiary/aromatic N) is 4. The lowest BCUT2D eigenvalue weighted by atomic mass is 10.3. The average Bonchev–Trinajstić information content (AvgIpc) is 2.59. The molecule has 2 N–H and O–H groups in total. The minimum Gasteiger partial charge on any atom is -0.394 e. The van der Waals surface area contributed by atoms with E-state index < -0.39 is 0 Å². The van der Waals surface area contributed by atoms with E-state index in [1.165, 1.54) is 6.20 Å². The molecule has 0 atom stereocenters. The Morgan fingerprint density at radius 3 is 2.83 bits per heavy atom. The summed E-state index contributed by atoms with van der Waals surface area (Å²) in [5.74, 6) is 0.502. The summed E-state index contributed by atoms with van der Waals surface area (Å²) in [5, 5.41) is 11.0. The van der Waals surface area contributed by atoms with Crippen LogP contribution in [0.1, 0.15) is 0 Å². The second kappa shape index (κ2) is 2.33. The Morgan fingerprint density at radius 1 is 1.50 bits per heavy atom. The predicted octanol–water partition coefficient (Wildman–Crippen LogP) is 0.0523. The standard InChI is InChI=1S/C6H7N5O/c1-11-5(3-8-10-11)6-4(7)2-9-12-6/h2-3H,7H2,1H3. The molecule has 0 amide bonds. The molecule has 0 aliphatic heterocycles. The first-order valence-electron chi connectivity index (χ1n) is 3.34. The van der Waals surface area contributed by atoms with Crippen molar-refractivity contribution >= 4 is 5.69 Å². The van der Waals surface area contributed by atoms with Gasteiger partial charge in [-0.05, 0) is 0 Å². The number of hydrogen-bond donors (Lipinski definition) is 1. The third-order valence-electron chi connectivity index (χ3n) is 1.55. The molecule has 0 aliphatic rings. The number of anilines is 1. The monoisotopic (exact) mass is 165 g/mol. The highest BCUT2D eigenvalue weighted by molar-refractivity contribution is 5.66. The van der Waals surface area contributed by atoms with E-state index in [4.69, 9.17) is 10.3 Å². The topological polar surface area (TPSA) is 82.8 Å². The van der Waals surface area contributed by atoms with Gasteiger partial charge in [-0.3, -0.25) is 0 Å². The van der Waals surface area contributed by atoms with Crippen molar-refractivity contribution in [1.29, 1.82) is 0 Å². The van der Waals surface area contributed by atoms with Crippen LogP contribution in [0.5, 0.6) is 0 Å². The van der Waals surface area contributed by atoms with E-state index in [0.717, 1.165) is 0 Å². The van der Waals surface area contributed by atoms with E-state index in [1.807, 2.05) is 0 Å². The number of nitrogen functional groups attached to an aromatic ring is 1. The van der Waals surface area contributed by atoms with Crippen molar-refractivity contribution < 1.29 is 4.52 Å². The molecule has 0 aliphatic carbocycles. The van der Waals surface area contributed by atoms with Gasteiger partial charge in [-0.1, -0.05) is 10.4 Å². The molecule has 0 unspecified atom stereocenters. The maximum absolute atomic E-state index is 5.58. The van der Waals surface area contributed by atoms with Crippen LogP contribution in [0.3, 0.4) is 0 Å². The zero-order valence-electron chi connectivity index (χ0n) is 6.43. The number of aryl methyl sites for hydroxylation is 1. The van der Waals surface area contributed by atoms with E-state index in [1.54, 1.807) is 17.9 Å². The smallest absolute Gasteiger partial charge is 0.209 e. The number of nitrogens with two attached hydrogens (primary N) is 1. The minimum absolute atomic E-state index is 0.486. The molecule has 0 radical (unpaired) electrons. The van der Waals surface area contributed by atoms with Crippen LogP contribution in [0.4, 0.5) is 5.69 Å². The molecule has 0 saturated heterocycles. The second-order valence-corrected chi connectivity index (χ2v) is 2.35. The molecule has 6 nitrogen and oxygen atoms in total. The minimum atomic E-state index is 0.486. The van der Waals surface area contributed by atoms with E-state index in [0.29, 0.717) is 17.1 Å². The molecule has 62 valence electrons. The molecule has 0 fully saturated rings. The Labute approximate surface area is 68.0 Å². The molecule has 0 aromatic carbocycles. The predicted molar refractivity (Wildman–Crippen MR) is 40.9 cm³/mol. The second-order valence-electron chi connectivity index (χ2n) is 2.35. The van der Waals surface area contributed by atoms with Gasteiger partial charge < -0.3 is 10.3 Å². The molecule has 0 bridgehead atoms. The molecule has 6 heteroatoms. The molecule has 0 spiro atoms. The van der Waals surface area contributed by atoms with Crippen LogP contribution < -0.4 is 5.73 Å². The fraction of sp³-hybridized carbons (Fsp3) is 0.167. The number of hydrogen-bond acceptors (Lipinski definition) is 5. The van der Waals surface area contributed by atoms with E-state index in [-0.39, 0.29) is 0 Å². The normalized spacial score (nSPS) is 10.4. The van der Waals surface area contributed by atoms with Crippen molar-refractivity contribution in [2.75, 3.05) is 5.73 Å². The molecule has 2 aromatic heterocycles. The van der Waals surface area contributed by atoms with Gasteiger partial charge in [-0.2, -0.15) is 0 Å². The van der Waals surface area contributed by atoms with Gasteiger partial charge in [0.1, 0.15) is 11.4 Å². The average molecular weight is 165 g/mol. The van der Waals surface area contributed by atoms with Crippen LogP contribution in [0.25, 0.3) is 11.5 Å². The lowest BCUT2D eigenvalue weighted by molar-refractivity contribution is 0.429. The summed E-state index contributed by atoms with van der Waals surface area (Å²) in [5.41, 5.74) is 6.77. The molecule has 12 heavy (non-hydrogen) atoms. The van der Waals surface area contributed by atoms with Gasteiger partial charge in [0.25, 0.3) is 0 Å². The summed E-state index contributed by atoms with van der Waals surface area (Å²) >= 11 is 0. The van der Waals surface area contributed by atoms with Crippen LogP contribution in [-0.4, -0.2) is 20.2 Å². The Bertz CT molecular complexity index is 352. The zero-order chi connectivity index (χ0) is 8.55. The Kier molecular flexibility index (Phi) is 1.33. The van der Waals surface area contributed by atoms with Crippen molar-refractivity contribution in [3.05, 3.63) is 12.4 Å². The molecule has 2 heterocycles. The Balaban J connectivity index is 2.57. The lowest BCUT2D eigenvalue weighted by Crippen LogP contribution is -1.94. The Hall–Kier alpha value is -1.85. The zero-order valence-corrected chi connectivity index (χ0v) is 6.43. The van der Waals surface area contributed by atoms with Gasteiger partial charge in [-0.25, -0.2) is 4.68 Å². The van der Waals surface area contributed by atoms with E-state index in [9.17, 15) is 0 Å². The maximum Gasteiger partial charge on any atom is 0.209 e. The molecule has 2 aromatic rings. The van der Waals surface area contributed by atoms with Crippen molar-refractivity contribution in [3.8, 4) is 11.5 Å². The maximum atomic E-state index is 5.58. The van der Waals surface area contributed by atoms with Crippen molar-refractivity contribution in [2.45, 2.75) is 0 Å². The van der Waals surface area contributed by atoms with Crippen LogP contribution in [0.15, 0.2) is 16.9 Å². The highest BCUT2D eigenvalue weighted by Crippen LogP contribution is 2.22. The molecular weight excluding hydrogens is 158 g/mol. The van der Waals surface area contributed by atoms with Crippen molar-refractivity contribution in [1.82, 2.24) is 20.2 Å². The van der Waals surface area contributed by atoms with Gasteiger partial charge in [0.05, 0.1) is 12.4 Å². The van der Waals surface area contributed by atoms with Gasteiger partial charge in [0, 0.05) is 7.05 Å². The summed E-state index contributed by atoms with van der Waals surface area (Å²) in [4.78, 5) is 0. The SMILES string of the molecule is Cn1nncc1-c1oncc1N. The fourth-order valence-electron chi connectivity index (χ4n) is 0.937. The van der Waals surface area contributed by atoms with Gasteiger partial charge in [0.15, 0.2) is 0 Å². The number of aromatic nitrogens is 4. The summed E-state index contributed by atoms with van der Waals surface area (Å²) in [6, 6.07) is 0. The number of rotatable bonds is 1. The van der Waals surface area contributed by atoms with E-state index >= 15 is 0 Å². The first-order valence-corrected chi connectivity index (χ1v) is 3.34. The highest BCUT2D eigenvalue weighted by atomic mass is 16.5. The van der Waals surface area contributed by atoms with Crippen molar-refractivity contribution in [2.24, 2.45) is 7.05 Å². The summed E-state index contributed by atoms with van der Waals surface area (Å²) in [7, 11) is 1.75. The van der Waals surface area contributed by atoms with Crippen molar-refractivity contribution in [3.63, 3.8) is 0 Å². The first-order chi connectivity index (χ1) is 5.79. The fourth-order valence-corrected chi connectivity index (χ4v) is 0.937. The first kappa shape index (κ1) is 6.84. The van der Waals surface area contributed by atoms with Crippen LogP contribution in [0.2, 0.25) is 0 Å². The summed E-state index contributed by atoms with van der Waals surface area (Å²) in [6.45, 7) is 0. The summed E-state index contributed by atoms with van der Waals surface area (Å²) < 4.78 is 6.48. The van der Waals surface area contributed by atoms with Crippen LogP contribution >= 0.6 is 0 Å². The quantitative estimate of drug-likeness (QED) is 0.645. The van der Waals surface area contributed by atoms with Gasteiger partial charge in [0.2, 0.25) is 5.76 Å². The molecular formula is C6H7N5O. The third-order valence-corrected chi connectivity index (χ3v) is 1.55. The Morgan fingerprint density at radius 2 is 2.33 bits per heavy atom. The highest BCUT2D eigenvalue weighted by Gasteiger charge is 2.11. The van der Waals surface area contributed by atoms with Crippen LogP contribution in [0, 0.1) is 0 Å². The lowest BCUT2D eigenvalue weighted by Gasteiger charge is -1.94. The largest absolute Gasteiger partial charge is 0.394 e. The van der Waals surface area contributed by atoms with E-state index in [2.05, 4.69) is 15.5 Å². The summed E-state index contributed by atoms with van der Waals surface area (Å²) in [6.07, 6.45) is 3.01. The molecule has 2 rings (SSSR count). The van der Waals surface area contributed by atoms with Gasteiger partial charge >= 0.3 is 0 Å². The van der Waals surface area contributed by atoms with Gasteiger partial charge in [-0.15, -0.1) is 5.10 Å². The molecule has 0 saturated carbocycles. The third kappa shape index (κ3) is 0.849. The van der Waals surface area contributed by atoms with Crippen LogP contribution in [-0.2, 0) is 7.05 Å².